The Balaban J connectivity index is 2.12. The highest BCUT2D eigenvalue weighted by molar-refractivity contribution is 7.16. The van der Waals surface area contributed by atoms with Crippen LogP contribution in [0.15, 0.2) is 35.3 Å². The Morgan fingerprint density at radius 1 is 1.38 bits per heavy atom. The van der Waals surface area contributed by atoms with Crippen molar-refractivity contribution in [1.82, 2.24) is 0 Å². The van der Waals surface area contributed by atoms with Crippen molar-refractivity contribution < 1.29 is 9.53 Å². The number of aliphatic imine (C=N–C) groups is 1. The molecule has 1 aliphatic rings. The average Bonchev–Trinajstić information content (AvgIpc) is 2.99. The number of carbonyl (C=O) groups excluding carboxylic acids is 1. The molecular formula is C18H17N3O2S. The van der Waals surface area contributed by atoms with Crippen LogP contribution >= 0.6 is 11.3 Å². The van der Waals surface area contributed by atoms with Crippen LogP contribution in [0.5, 0.6) is 5.75 Å². The lowest BCUT2D eigenvalue weighted by Gasteiger charge is -2.16. The number of hydrogen-bond acceptors (Lipinski definition) is 5. The summed E-state index contributed by atoms with van der Waals surface area (Å²) in [6.07, 6.45) is 0.877. The molecule has 3 rings (SSSR count). The quantitative estimate of drug-likeness (QED) is 0.804. The lowest BCUT2D eigenvalue weighted by atomic mass is 10.0. The smallest absolute Gasteiger partial charge is 0.250 e. The van der Waals surface area contributed by atoms with Crippen LogP contribution in [0, 0.1) is 11.3 Å². The van der Waals surface area contributed by atoms with Crippen LogP contribution < -0.4 is 9.64 Å². The van der Waals surface area contributed by atoms with E-state index in [1.807, 2.05) is 24.3 Å². The molecule has 1 amide bonds. The number of amides is 1. The first-order chi connectivity index (χ1) is 11.7. The zero-order valence-electron chi connectivity index (χ0n) is 13.6. The van der Waals surface area contributed by atoms with E-state index in [1.165, 1.54) is 4.88 Å². The summed E-state index contributed by atoms with van der Waals surface area (Å²) >= 11 is 1.55. The van der Waals surface area contributed by atoms with Crippen molar-refractivity contribution in [1.29, 1.82) is 5.26 Å². The van der Waals surface area contributed by atoms with Gasteiger partial charge in [0.15, 0.2) is 0 Å². The second-order valence-corrected chi connectivity index (χ2v) is 6.43. The van der Waals surface area contributed by atoms with Gasteiger partial charge in [-0.2, -0.15) is 5.26 Å². The maximum atomic E-state index is 12.4. The van der Waals surface area contributed by atoms with Gasteiger partial charge in [-0.05, 0) is 36.8 Å². The van der Waals surface area contributed by atoms with Gasteiger partial charge in [0.1, 0.15) is 23.8 Å². The number of hydrogen-bond donors (Lipinski definition) is 0. The number of fused-ring (bicyclic) bond motifs is 1. The fourth-order valence-corrected chi connectivity index (χ4v) is 3.74. The highest BCUT2D eigenvalue weighted by atomic mass is 32.1. The van der Waals surface area contributed by atoms with E-state index >= 15 is 0 Å². The molecule has 0 spiro atoms. The third kappa shape index (κ3) is 2.91. The van der Waals surface area contributed by atoms with Crippen LogP contribution in [-0.2, 0) is 11.2 Å². The van der Waals surface area contributed by atoms with Gasteiger partial charge in [0, 0.05) is 16.0 Å². The number of thiophene rings is 1. The van der Waals surface area contributed by atoms with Crippen molar-refractivity contribution in [3.63, 3.8) is 0 Å². The van der Waals surface area contributed by atoms with Crippen molar-refractivity contribution in [3.05, 3.63) is 46.3 Å². The summed E-state index contributed by atoms with van der Waals surface area (Å²) in [4.78, 5) is 19.6. The van der Waals surface area contributed by atoms with Crippen molar-refractivity contribution in [2.75, 3.05) is 25.1 Å². The number of carbonyl (C=O) groups is 1. The molecule has 0 saturated carbocycles. The Hall–Kier alpha value is -2.65. The lowest BCUT2D eigenvalue weighted by molar-refractivity contribution is -0.117. The fraction of sp³-hybridized carbons (Fsp3) is 0.278. The second-order valence-electron chi connectivity index (χ2n) is 5.32. The first-order valence-corrected chi connectivity index (χ1v) is 8.48. The van der Waals surface area contributed by atoms with E-state index in [9.17, 15) is 4.79 Å². The molecule has 0 unspecified atom stereocenters. The molecule has 2 aromatic rings. The molecular weight excluding hydrogens is 322 g/mol. The molecule has 5 nitrogen and oxygen atoms in total. The number of aryl methyl sites for hydroxylation is 1. The molecule has 1 aliphatic heterocycles. The maximum Gasteiger partial charge on any atom is 0.250 e. The van der Waals surface area contributed by atoms with Crippen LogP contribution in [-0.4, -0.2) is 31.8 Å². The normalized spacial score (nSPS) is 13.8. The van der Waals surface area contributed by atoms with Gasteiger partial charge >= 0.3 is 0 Å². The monoisotopic (exact) mass is 339 g/mol. The average molecular weight is 339 g/mol. The van der Waals surface area contributed by atoms with Gasteiger partial charge < -0.3 is 4.74 Å². The number of ether oxygens (including phenoxy) is 1. The minimum absolute atomic E-state index is 0.0426. The summed E-state index contributed by atoms with van der Waals surface area (Å²) in [5, 5.41) is 9.88. The molecule has 6 heteroatoms. The van der Waals surface area contributed by atoms with E-state index in [-0.39, 0.29) is 19.0 Å². The van der Waals surface area contributed by atoms with E-state index in [4.69, 9.17) is 10.00 Å². The third-order valence-corrected chi connectivity index (χ3v) is 5.18. The van der Waals surface area contributed by atoms with Crippen LogP contribution in [0.4, 0.5) is 5.00 Å². The van der Waals surface area contributed by atoms with E-state index in [0.717, 1.165) is 34.0 Å². The van der Waals surface area contributed by atoms with E-state index in [1.54, 1.807) is 23.3 Å². The maximum absolute atomic E-state index is 12.4. The molecule has 1 aromatic heterocycles. The minimum atomic E-state index is -0.147. The summed E-state index contributed by atoms with van der Waals surface area (Å²) in [7, 11) is 1.63. The minimum Gasteiger partial charge on any atom is -0.497 e. The molecule has 0 aliphatic carbocycles. The van der Waals surface area contributed by atoms with Gasteiger partial charge in [0.2, 0.25) is 5.91 Å². The summed E-state index contributed by atoms with van der Waals surface area (Å²) in [5.74, 6) is 0.626. The number of nitrogens with zero attached hydrogens (tertiary/aromatic N) is 3. The Labute approximate surface area is 144 Å². The Morgan fingerprint density at radius 3 is 2.75 bits per heavy atom. The Morgan fingerprint density at radius 2 is 2.12 bits per heavy atom. The van der Waals surface area contributed by atoms with Gasteiger partial charge in [-0.25, -0.2) is 0 Å². The number of rotatable bonds is 4. The Kier molecular flexibility index (Phi) is 4.63. The number of anilines is 1. The van der Waals surface area contributed by atoms with E-state index in [2.05, 4.69) is 24.1 Å². The first kappa shape index (κ1) is 16.2. The summed E-state index contributed by atoms with van der Waals surface area (Å²) in [6, 6.07) is 11.8. The third-order valence-electron chi connectivity index (χ3n) is 3.88. The largest absolute Gasteiger partial charge is 0.497 e. The Bertz CT molecular complexity index is 831. The standard InChI is InChI=1S/C18H17N3O2S/c1-3-14-10-15-17(12-4-6-13(23-2)7-5-12)20-11-16(22)21(9-8-19)18(15)24-14/h4-7,10H,3,9,11H2,1-2H3. The van der Waals surface area contributed by atoms with Crippen LogP contribution in [0.1, 0.15) is 22.9 Å². The van der Waals surface area contributed by atoms with Crippen molar-refractivity contribution in [3.8, 4) is 11.8 Å². The SMILES string of the molecule is CCc1cc2c(s1)N(CC#N)C(=O)CN=C2c1ccc(OC)cc1. The number of methoxy groups -OCH3 is 1. The molecule has 0 bridgehead atoms. The topological polar surface area (TPSA) is 65.7 Å². The molecule has 24 heavy (non-hydrogen) atoms. The predicted molar refractivity (Wildman–Crippen MR) is 95.2 cm³/mol. The van der Waals surface area contributed by atoms with Crippen LogP contribution in [0.2, 0.25) is 0 Å². The van der Waals surface area contributed by atoms with Gasteiger partial charge in [0.25, 0.3) is 0 Å². The molecule has 0 N–H and O–H groups in total. The molecule has 0 saturated heterocycles. The molecule has 0 radical (unpaired) electrons. The summed E-state index contributed by atoms with van der Waals surface area (Å²) in [5.41, 5.74) is 2.64. The fourth-order valence-electron chi connectivity index (χ4n) is 2.63. The molecule has 122 valence electrons. The van der Waals surface area contributed by atoms with E-state index in [0.29, 0.717) is 0 Å². The predicted octanol–water partition coefficient (Wildman–Crippen LogP) is 3.03. The zero-order valence-corrected chi connectivity index (χ0v) is 14.4. The highest BCUT2D eigenvalue weighted by Gasteiger charge is 2.27. The van der Waals surface area contributed by atoms with Gasteiger partial charge in [-0.1, -0.05) is 6.92 Å². The number of nitriles is 1. The van der Waals surface area contributed by atoms with Gasteiger partial charge in [-0.15, -0.1) is 11.3 Å². The van der Waals surface area contributed by atoms with Gasteiger partial charge in [0.05, 0.1) is 18.9 Å². The first-order valence-electron chi connectivity index (χ1n) is 7.67. The van der Waals surface area contributed by atoms with Gasteiger partial charge in [-0.3, -0.25) is 14.7 Å². The van der Waals surface area contributed by atoms with Crippen molar-refractivity contribution >= 4 is 28.0 Å². The summed E-state index contributed by atoms with van der Waals surface area (Å²) in [6.45, 7) is 2.17. The van der Waals surface area contributed by atoms with Crippen molar-refractivity contribution in [2.45, 2.75) is 13.3 Å². The lowest BCUT2D eigenvalue weighted by Crippen LogP contribution is -2.32. The number of benzene rings is 1. The second kappa shape index (κ2) is 6.85. The molecule has 1 aromatic carbocycles. The molecule has 0 fully saturated rings. The summed E-state index contributed by atoms with van der Waals surface area (Å²) < 4.78 is 5.20. The van der Waals surface area contributed by atoms with E-state index < -0.39 is 0 Å². The molecule has 2 heterocycles. The van der Waals surface area contributed by atoms with Crippen LogP contribution in [0.3, 0.4) is 0 Å². The van der Waals surface area contributed by atoms with Crippen LogP contribution in [0.25, 0.3) is 0 Å². The highest BCUT2D eigenvalue weighted by Crippen LogP contribution is 2.35. The van der Waals surface area contributed by atoms with Crippen molar-refractivity contribution in [2.24, 2.45) is 4.99 Å². The zero-order chi connectivity index (χ0) is 17.1. The molecule has 0 atom stereocenters.